The molecule has 0 spiro atoms. The second kappa shape index (κ2) is 7.95. The molecule has 1 heterocycles. The Labute approximate surface area is 142 Å². The number of fused-ring (bicyclic) bond motifs is 1. The topological polar surface area (TPSA) is 154 Å². The molecule has 0 unspecified atom stereocenters. The second-order valence-corrected chi connectivity index (χ2v) is 5.47. The summed E-state index contributed by atoms with van der Waals surface area (Å²) in [5, 5.41) is 14.5. The van der Waals surface area contributed by atoms with Gasteiger partial charge >= 0.3 is 5.97 Å². The Morgan fingerprint density at radius 2 is 1.96 bits per heavy atom. The minimum Gasteiger partial charge on any atom is -0.480 e. The third-order valence-corrected chi connectivity index (χ3v) is 3.70. The number of rotatable bonds is 9. The summed E-state index contributed by atoms with van der Waals surface area (Å²) in [6, 6.07) is 4.99. The number of para-hydroxylation sites is 1. The van der Waals surface area contributed by atoms with E-state index in [0.717, 1.165) is 16.5 Å². The number of nitrogens with one attached hydrogen (secondary N) is 3. The first-order chi connectivity index (χ1) is 11.9. The van der Waals surface area contributed by atoms with Crippen LogP contribution < -0.4 is 16.4 Å². The van der Waals surface area contributed by atoms with Crippen LogP contribution in [0.3, 0.4) is 0 Å². The first-order valence-electron chi connectivity index (χ1n) is 7.48. The fourth-order valence-electron chi connectivity index (χ4n) is 2.50. The van der Waals surface area contributed by atoms with Gasteiger partial charge in [-0.05, 0) is 11.6 Å². The Hall–Kier alpha value is -3.36. The number of nitrogens with two attached hydrogens (primary N) is 1. The summed E-state index contributed by atoms with van der Waals surface area (Å²) in [4.78, 5) is 48.3. The number of aromatic nitrogens is 1. The number of H-pyrrole nitrogens is 1. The standard InChI is InChI=1S/C16H18N4O5/c17-14(22)6-13(16(24)25)20-15(23)12(19-8-21)5-9-7-18-11-4-2-1-3-10(9)11/h1-4,7-8,12-13,18H,5-6H2,(H2,17,22)(H,19,21)(H,20,23)(H,24,25)/t12-,13+/m0/s1. The highest BCUT2D eigenvalue weighted by atomic mass is 16.4. The molecule has 0 aliphatic heterocycles. The van der Waals surface area contributed by atoms with E-state index in [4.69, 9.17) is 10.8 Å². The van der Waals surface area contributed by atoms with Crippen LogP contribution in [0.15, 0.2) is 30.5 Å². The Morgan fingerprint density at radius 1 is 1.24 bits per heavy atom. The van der Waals surface area contributed by atoms with Crippen LogP contribution in [0.5, 0.6) is 0 Å². The molecule has 9 heteroatoms. The summed E-state index contributed by atoms with van der Waals surface area (Å²) in [6.45, 7) is 0. The third-order valence-electron chi connectivity index (χ3n) is 3.70. The van der Waals surface area contributed by atoms with Gasteiger partial charge in [0.2, 0.25) is 18.2 Å². The predicted molar refractivity (Wildman–Crippen MR) is 88.4 cm³/mol. The van der Waals surface area contributed by atoms with Crippen molar-refractivity contribution in [3.8, 4) is 0 Å². The largest absolute Gasteiger partial charge is 0.480 e. The van der Waals surface area contributed by atoms with Gasteiger partial charge in [0.25, 0.3) is 0 Å². The zero-order chi connectivity index (χ0) is 18.4. The lowest BCUT2D eigenvalue weighted by molar-refractivity contribution is -0.143. The maximum Gasteiger partial charge on any atom is 0.326 e. The second-order valence-electron chi connectivity index (χ2n) is 5.47. The monoisotopic (exact) mass is 346 g/mol. The van der Waals surface area contributed by atoms with Gasteiger partial charge in [0.05, 0.1) is 6.42 Å². The molecule has 2 atom stereocenters. The molecule has 132 valence electrons. The van der Waals surface area contributed by atoms with E-state index in [1.165, 1.54) is 0 Å². The van der Waals surface area contributed by atoms with Crippen LogP contribution in [0.25, 0.3) is 10.9 Å². The fraction of sp³-hybridized carbons (Fsp3) is 0.250. The van der Waals surface area contributed by atoms with Gasteiger partial charge in [0, 0.05) is 23.5 Å². The van der Waals surface area contributed by atoms with Crippen LogP contribution >= 0.6 is 0 Å². The molecule has 2 rings (SSSR count). The average molecular weight is 346 g/mol. The number of aliphatic carboxylic acids is 1. The first-order valence-corrected chi connectivity index (χ1v) is 7.48. The molecular weight excluding hydrogens is 328 g/mol. The number of hydrogen-bond donors (Lipinski definition) is 5. The van der Waals surface area contributed by atoms with Crippen molar-refractivity contribution in [1.29, 1.82) is 0 Å². The average Bonchev–Trinajstić information content (AvgIpc) is 2.96. The van der Waals surface area contributed by atoms with Crippen molar-refractivity contribution in [3.05, 3.63) is 36.0 Å². The van der Waals surface area contributed by atoms with E-state index in [-0.39, 0.29) is 6.42 Å². The lowest BCUT2D eigenvalue weighted by Crippen LogP contribution is -2.51. The third kappa shape index (κ3) is 4.56. The molecule has 0 aliphatic carbocycles. The van der Waals surface area contributed by atoms with Crippen molar-refractivity contribution in [2.45, 2.75) is 24.9 Å². The number of carbonyl (C=O) groups excluding carboxylic acids is 3. The Morgan fingerprint density at radius 3 is 2.60 bits per heavy atom. The number of hydrogen-bond acceptors (Lipinski definition) is 4. The molecule has 0 saturated heterocycles. The summed E-state index contributed by atoms with van der Waals surface area (Å²) in [6.07, 6.45) is 1.69. The number of benzene rings is 1. The molecule has 9 nitrogen and oxygen atoms in total. The maximum absolute atomic E-state index is 12.3. The van der Waals surface area contributed by atoms with Crippen LogP contribution in [-0.2, 0) is 25.6 Å². The minimum atomic E-state index is -1.45. The molecule has 3 amide bonds. The minimum absolute atomic E-state index is 0.150. The molecule has 1 aromatic heterocycles. The summed E-state index contributed by atoms with van der Waals surface area (Å²) in [5.74, 6) is -2.96. The Bertz CT molecular complexity index is 801. The summed E-state index contributed by atoms with van der Waals surface area (Å²) in [7, 11) is 0. The fourth-order valence-corrected chi connectivity index (χ4v) is 2.50. The highest BCUT2D eigenvalue weighted by Gasteiger charge is 2.27. The highest BCUT2D eigenvalue weighted by Crippen LogP contribution is 2.19. The molecular formula is C16H18N4O5. The smallest absolute Gasteiger partial charge is 0.326 e. The molecule has 0 bridgehead atoms. The first kappa shape index (κ1) is 18.0. The Balaban J connectivity index is 2.16. The number of amides is 3. The van der Waals surface area contributed by atoms with E-state index in [0.29, 0.717) is 6.41 Å². The van der Waals surface area contributed by atoms with Gasteiger partial charge in [0.15, 0.2) is 0 Å². The van der Waals surface area contributed by atoms with Crippen molar-refractivity contribution in [1.82, 2.24) is 15.6 Å². The van der Waals surface area contributed by atoms with Crippen LogP contribution in [-0.4, -0.2) is 46.4 Å². The van der Waals surface area contributed by atoms with Gasteiger partial charge in [-0.1, -0.05) is 18.2 Å². The molecule has 25 heavy (non-hydrogen) atoms. The molecule has 6 N–H and O–H groups in total. The Kier molecular flexibility index (Phi) is 5.72. The van der Waals surface area contributed by atoms with Crippen molar-refractivity contribution >= 4 is 35.1 Å². The van der Waals surface area contributed by atoms with Gasteiger partial charge in [0.1, 0.15) is 12.1 Å². The summed E-state index contributed by atoms with van der Waals surface area (Å²) >= 11 is 0. The van der Waals surface area contributed by atoms with Gasteiger partial charge in [-0.15, -0.1) is 0 Å². The van der Waals surface area contributed by atoms with Crippen LogP contribution in [0.4, 0.5) is 0 Å². The summed E-state index contributed by atoms with van der Waals surface area (Å²) in [5.41, 5.74) is 6.64. The number of carboxylic acids is 1. The van der Waals surface area contributed by atoms with Gasteiger partial charge in [-0.2, -0.15) is 0 Å². The van der Waals surface area contributed by atoms with Gasteiger partial charge in [-0.25, -0.2) is 4.79 Å². The van der Waals surface area contributed by atoms with Crippen molar-refractivity contribution < 1.29 is 24.3 Å². The lowest BCUT2D eigenvalue weighted by Gasteiger charge is -2.19. The molecule has 0 saturated carbocycles. The molecule has 1 aromatic carbocycles. The number of aromatic amines is 1. The van der Waals surface area contributed by atoms with Gasteiger partial charge < -0.3 is 26.5 Å². The number of carbonyl (C=O) groups is 4. The SMILES string of the molecule is NC(=O)C[C@@H](NC(=O)[C@H](Cc1c[nH]c2ccccc12)NC=O)C(=O)O. The molecule has 0 aliphatic rings. The van der Waals surface area contributed by atoms with Crippen LogP contribution in [0, 0.1) is 0 Å². The van der Waals surface area contributed by atoms with E-state index in [2.05, 4.69) is 15.6 Å². The quantitative estimate of drug-likeness (QED) is 0.379. The molecule has 0 fully saturated rings. The number of carboxylic acid groups (broad SMARTS) is 1. The van der Waals surface area contributed by atoms with Gasteiger partial charge in [-0.3, -0.25) is 14.4 Å². The van der Waals surface area contributed by atoms with Crippen molar-refractivity contribution in [3.63, 3.8) is 0 Å². The van der Waals surface area contributed by atoms with Crippen LogP contribution in [0.2, 0.25) is 0 Å². The zero-order valence-corrected chi connectivity index (χ0v) is 13.2. The zero-order valence-electron chi connectivity index (χ0n) is 13.2. The van der Waals surface area contributed by atoms with E-state index in [9.17, 15) is 19.2 Å². The van der Waals surface area contributed by atoms with Crippen LogP contribution in [0.1, 0.15) is 12.0 Å². The normalized spacial score (nSPS) is 13.0. The summed E-state index contributed by atoms with van der Waals surface area (Å²) < 4.78 is 0. The maximum atomic E-state index is 12.3. The molecule has 2 aromatic rings. The van der Waals surface area contributed by atoms with E-state index < -0.39 is 36.3 Å². The van der Waals surface area contributed by atoms with Crippen molar-refractivity contribution in [2.24, 2.45) is 5.73 Å². The van der Waals surface area contributed by atoms with E-state index in [1.54, 1.807) is 6.20 Å². The highest BCUT2D eigenvalue weighted by molar-refractivity contribution is 5.91. The molecule has 0 radical (unpaired) electrons. The van der Waals surface area contributed by atoms with Crippen molar-refractivity contribution in [2.75, 3.05) is 0 Å². The number of primary amides is 1. The van der Waals surface area contributed by atoms with E-state index >= 15 is 0 Å². The lowest BCUT2D eigenvalue weighted by atomic mass is 10.0. The van der Waals surface area contributed by atoms with E-state index in [1.807, 2.05) is 24.3 Å². The predicted octanol–water partition coefficient (Wildman–Crippen LogP) is -0.730.